The van der Waals surface area contributed by atoms with Gasteiger partial charge in [0.2, 0.25) is 5.91 Å². The van der Waals surface area contributed by atoms with Crippen LogP contribution in [0, 0.1) is 0 Å². The monoisotopic (exact) mass is 396 g/mol. The van der Waals surface area contributed by atoms with E-state index in [-0.39, 0.29) is 5.91 Å². The topological polar surface area (TPSA) is 36.1 Å². The summed E-state index contributed by atoms with van der Waals surface area (Å²) in [6.45, 7) is 1.46. The largest absolute Gasteiger partial charge is 0.361 e. The molecule has 0 radical (unpaired) electrons. The van der Waals surface area contributed by atoms with Crippen LogP contribution in [0.3, 0.4) is 0 Å². The molecule has 3 nitrogen and oxygen atoms in total. The minimum Gasteiger partial charge on any atom is -0.361 e. The molecule has 0 aliphatic carbocycles. The van der Waals surface area contributed by atoms with E-state index in [2.05, 4.69) is 23.2 Å². The molecule has 138 valence electrons. The second-order valence-corrected chi connectivity index (χ2v) is 8.10. The quantitative estimate of drug-likeness (QED) is 0.629. The zero-order valence-corrected chi connectivity index (χ0v) is 16.5. The van der Waals surface area contributed by atoms with Crippen LogP contribution in [-0.2, 0) is 10.5 Å². The van der Waals surface area contributed by atoms with Gasteiger partial charge in [-0.2, -0.15) is 0 Å². The number of nitrogens with zero attached hydrogens (tertiary/aromatic N) is 1. The van der Waals surface area contributed by atoms with Gasteiger partial charge in [-0.05, 0) is 41.3 Å². The lowest BCUT2D eigenvalue weighted by Gasteiger charge is -2.26. The maximum atomic E-state index is 12.5. The number of nitrogens with one attached hydrogen (secondary N) is 1. The molecule has 0 saturated carbocycles. The second-order valence-electron chi connectivity index (χ2n) is 6.68. The molecule has 1 aromatic heterocycles. The zero-order chi connectivity index (χ0) is 18.6. The van der Waals surface area contributed by atoms with Crippen molar-refractivity contribution in [1.82, 2.24) is 9.88 Å². The number of fused-ring (bicyclic) bond motifs is 1. The van der Waals surface area contributed by atoms with Gasteiger partial charge in [-0.3, -0.25) is 4.79 Å². The summed E-state index contributed by atoms with van der Waals surface area (Å²) in [5.41, 5.74) is 4.89. The summed E-state index contributed by atoms with van der Waals surface area (Å²) in [4.78, 5) is 17.8. The molecular formula is C22H21ClN2OS. The number of H-pyrrole nitrogens is 1. The van der Waals surface area contributed by atoms with Crippen LogP contribution in [0.25, 0.3) is 16.5 Å². The number of hydrogen-bond acceptors (Lipinski definition) is 2. The van der Waals surface area contributed by atoms with E-state index < -0.39 is 0 Å². The summed E-state index contributed by atoms with van der Waals surface area (Å²) in [6.07, 6.45) is 5.10. The molecule has 4 rings (SSSR count). The molecule has 27 heavy (non-hydrogen) atoms. The van der Waals surface area contributed by atoms with Gasteiger partial charge in [-0.15, -0.1) is 11.8 Å². The van der Waals surface area contributed by atoms with Crippen LogP contribution in [0.5, 0.6) is 0 Å². The Morgan fingerprint density at radius 1 is 1.15 bits per heavy atom. The van der Waals surface area contributed by atoms with E-state index in [1.807, 2.05) is 47.5 Å². The van der Waals surface area contributed by atoms with E-state index in [1.54, 1.807) is 11.8 Å². The number of aromatic amines is 1. The molecule has 0 fully saturated rings. The van der Waals surface area contributed by atoms with Gasteiger partial charge in [0.15, 0.2) is 0 Å². The Balaban J connectivity index is 1.30. The van der Waals surface area contributed by atoms with Gasteiger partial charge in [-0.1, -0.05) is 48.0 Å². The molecule has 3 aromatic rings. The Hall–Kier alpha value is -2.17. The number of carbonyl (C=O) groups is 1. The van der Waals surface area contributed by atoms with Gasteiger partial charge in [0.1, 0.15) is 0 Å². The molecule has 1 aliphatic rings. The van der Waals surface area contributed by atoms with Crippen molar-refractivity contribution in [2.45, 2.75) is 12.2 Å². The van der Waals surface area contributed by atoms with Crippen LogP contribution < -0.4 is 0 Å². The highest BCUT2D eigenvalue weighted by Crippen LogP contribution is 2.25. The first-order valence-electron chi connectivity index (χ1n) is 9.06. The molecule has 0 atom stereocenters. The third kappa shape index (κ3) is 4.23. The van der Waals surface area contributed by atoms with Crippen LogP contribution in [-0.4, -0.2) is 34.6 Å². The fourth-order valence-electron chi connectivity index (χ4n) is 3.41. The normalized spacial score (nSPS) is 14.4. The number of para-hydroxylation sites is 1. The molecule has 0 spiro atoms. The molecule has 1 N–H and O–H groups in total. The summed E-state index contributed by atoms with van der Waals surface area (Å²) in [5.74, 6) is 1.57. The first-order valence-corrected chi connectivity index (χ1v) is 10.6. The lowest BCUT2D eigenvalue weighted by molar-refractivity contribution is -0.127. The highest BCUT2D eigenvalue weighted by molar-refractivity contribution is 7.99. The number of thioether (sulfide) groups is 1. The SMILES string of the molecule is O=C(CSCc1c[nH]c2ccccc12)N1CC=C(c2ccc(Cl)cc2)CC1. The van der Waals surface area contributed by atoms with E-state index in [4.69, 9.17) is 11.6 Å². The maximum absolute atomic E-state index is 12.5. The van der Waals surface area contributed by atoms with Crippen molar-refractivity contribution >= 4 is 45.7 Å². The number of hydrogen-bond donors (Lipinski definition) is 1. The van der Waals surface area contributed by atoms with Crippen molar-refractivity contribution in [3.63, 3.8) is 0 Å². The number of amides is 1. The minimum atomic E-state index is 0.214. The Morgan fingerprint density at radius 3 is 2.74 bits per heavy atom. The van der Waals surface area contributed by atoms with Crippen molar-refractivity contribution in [3.05, 3.63) is 77.0 Å². The minimum absolute atomic E-state index is 0.214. The molecule has 5 heteroatoms. The zero-order valence-electron chi connectivity index (χ0n) is 15.0. The average molecular weight is 397 g/mol. The predicted octanol–water partition coefficient (Wildman–Crippen LogP) is 5.37. The van der Waals surface area contributed by atoms with E-state index in [0.29, 0.717) is 12.3 Å². The number of aromatic nitrogens is 1. The van der Waals surface area contributed by atoms with Crippen molar-refractivity contribution in [3.8, 4) is 0 Å². The molecule has 2 heterocycles. The Labute approximate surface area is 168 Å². The smallest absolute Gasteiger partial charge is 0.232 e. The molecule has 1 amide bonds. The van der Waals surface area contributed by atoms with Crippen molar-refractivity contribution in [2.75, 3.05) is 18.8 Å². The molecule has 1 aliphatic heterocycles. The van der Waals surface area contributed by atoms with Crippen molar-refractivity contribution in [1.29, 1.82) is 0 Å². The fourth-order valence-corrected chi connectivity index (χ4v) is 4.46. The summed E-state index contributed by atoms with van der Waals surface area (Å²) in [6, 6.07) is 16.2. The molecular weight excluding hydrogens is 376 g/mol. The van der Waals surface area contributed by atoms with Gasteiger partial charge >= 0.3 is 0 Å². The van der Waals surface area contributed by atoms with Crippen LogP contribution in [0.2, 0.25) is 5.02 Å². The maximum Gasteiger partial charge on any atom is 0.232 e. The Bertz CT molecular complexity index is 977. The third-order valence-electron chi connectivity index (χ3n) is 4.93. The number of benzene rings is 2. The van der Waals surface area contributed by atoms with Gasteiger partial charge < -0.3 is 9.88 Å². The van der Waals surface area contributed by atoms with Crippen LogP contribution in [0.4, 0.5) is 0 Å². The van der Waals surface area contributed by atoms with E-state index in [0.717, 1.165) is 29.3 Å². The first kappa shape index (κ1) is 18.2. The number of carbonyl (C=O) groups excluding carboxylic acids is 1. The van der Waals surface area contributed by atoms with Gasteiger partial charge in [0, 0.05) is 41.0 Å². The lowest BCUT2D eigenvalue weighted by atomic mass is 9.99. The average Bonchev–Trinajstić information content (AvgIpc) is 3.12. The summed E-state index contributed by atoms with van der Waals surface area (Å²) >= 11 is 7.64. The van der Waals surface area contributed by atoms with Crippen LogP contribution in [0.15, 0.2) is 60.8 Å². The summed E-state index contributed by atoms with van der Waals surface area (Å²) in [7, 11) is 0. The predicted molar refractivity (Wildman–Crippen MR) is 115 cm³/mol. The molecule has 2 aromatic carbocycles. The number of rotatable bonds is 5. The van der Waals surface area contributed by atoms with Gasteiger partial charge in [0.25, 0.3) is 0 Å². The lowest BCUT2D eigenvalue weighted by Crippen LogP contribution is -2.35. The fraction of sp³-hybridized carbons (Fsp3) is 0.227. The molecule has 0 bridgehead atoms. The second kappa shape index (κ2) is 8.24. The molecule has 0 saturated heterocycles. The highest BCUT2D eigenvalue weighted by Gasteiger charge is 2.18. The third-order valence-corrected chi connectivity index (χ3v) is 6.15. The van der Waals surface area contributed by atoms with E-state index in [1.165, 1.54) is 22.1 Å². The number of halogens is 1. The van der Waals surface area contributed by atoms with Gasteiger partial charge in [0.05, 0.1) is 5.75 Å². The van der Waals surface area contributed by atoms with E-state index >= 15 is 0 Å². The Kier molecular flexibility index (Phi) is 5.55. The van der Waals surface area contributed by atoms with Gasteiger partial charge in [-0.25, -0.2) is 0 Å². The van der Waals surface area contributed by atoms with Crippen LogP contribution >= 0.6 is 23.4 Å². The summed E-state index contributed by atoms with van der Waals surface area (Å²) < 4.78 is 0. The first-order chi connectivity index (χ1) is 13.2. The van der Waals surface area contributed by atoms with E-state index in [9.17, 15) is 4.79 Å². The van der Waals surface area contributed by atoms with Crippen molar-refractivity contribution in [2.24, 2.45) is 0 Å². The van der Waals surface area contributed by atoms with Crippen LogP contribution in [0.1, 0.15) is 17.5 Å². The van der Waals surface area contributed by atoms with Crippen molar-refractivity contribution < 1.29 is 4.79 Å². The standard InChI is InChI=1S/C22H21ClN2OS/c23-19-7-5-16(6-8-19)17-9-11-25(12-10-17)22(26)15-27-14-18-13-24-21-4-2-1-3-20(18)21/h1-9,13,24H,10-12,14-15H2. The summed E-state index contributed by atoms with van der Waals surface area (Å²) in [5, 5.41) is 1.99. The highest BCUT2D eigenvalue weighted by atomic mass is 35.5. The Morgan fingerprint density at radius 2 is 1.96 bits per heavy atom. The molecule has 0 unspecified atom stereocenters.